The van der Waals surface area contributed by atoms with Crippen molar-refractivity contribution in [3.05, 3.63) is 48.2 Å². The van der Waals surface area contributed by atoms with E-state index in [4.69, 9.17) is 4.74 Å². The van der Waals surface area contributed by atoms with Crippen LogP contribution in [0.5, 0.6) is 5.75 Å². The van der Waals surface area contributed by atoms with E-state index in [1.54, 1.807) is 45.2 Å². The minimum Gasteiger partial charge on any atom is -0.612 e. The molecule has 0 saturated carbocycles. The van der Waals surface area contributed by atoms with Crippen LogP contribution in [0.3, 0.4) is 0 Å². The minimum absolute atomic E-state index is 0.0988. The number of nitrogens with zero attached hydrogens (tertiary/aromatic N) is 3. The van der Waals surface area contributed by atoms with E-state index in [-0.39, 0.29) is 42.2 Å². The molecule has 1 aromatic heterocycles. The average molecular weight is 663 g/mol. The third-order valence-corrected chi connectivity index (χ3v) is 8.76. The highest BCUT2D eigenvalue weighted by Crippen LogP contribution is 2.33. The van der Waals surface area contributed by atoms with E-state index in [1.165, 1.54) is 23.3 Å². The highest BCUT2D eigenvalue weighted by atomic mass is 32.2. The Hall–Kier alpha value is -3.41. The summed E-state index contributed by atoms with van der Waals surface area (Å²) in [6.07, 6.45) is -2.00. The van der Waals surface area contributed by atoms with Crippen LogP contribution in [0.4, 0.5) is 24.5 Å². The molecule has 250 valence electrons. The molecule has 2 atom stereocenters. The van der Waals surface area contributed by atoms with Crippen molar-refractivity contribution in [3.63, 3.8) is 0 Å². The third kappa shape index (κ3) is 9.11. The number of nitrogens with one attached hydrogen (secondary N) is 1. The van der Waals surface area contributed by atoms with Crippen LogP contribution in [-0.2, 0) is 27.3 Å². The molecule has 0 spiro atoms. The molecule has 2 aromatic carbocycles. The van der Waals surface area contributed by atoms with Gasteiger partial charge >= 0.3 is 6.18 Å². The van der Waals surface area contributed by atoms with Crippen molar-refractivity contribution < 1.29 is 37.5 Å². The number of hydrogen-bond donors (Lipinski definition) is 3. The monoisotopic (exact) mass is 662 g/mol. The molecule has 9 nitrogen and oxygen atoms in total. The van der Waals surface area contributed by atoms with Gasteiger partial charge in [0.25, 0.3) is 0 Å². The summed E-state index contributed by atoms with van der Waals surface area (Å²) in [6, 6.07) is 11.3. The summed E-state index contributed by atoms with van der Waals surface area (Å²) in [5.74, 6) is 4.68. The van der Waals surface area contributed by atoms with Crippen LogP contribution in [0.15, 0.2) is 47.4 Å². The largest absolute Gasteiger partial charge is 0.612 e. The summed E-state index contributed by atoms with van der Waals surface area (Å²) >= 11 is -1.35. The smallest absolute Gasteiger partial charge is 0.406 e. The number of rotatable bonds is 11. The molecule has 46 heavy (non-hydrogen) atoms. The molecule has 0 aliphatic carbocycles. The molecule has 1 aliphatic rings. The molecule has 3 N–H and O–H groups in total. The Balaban J connectivity index is 1.61. The lowest BCUT2D eigenvalue weighted by molar-refractivity contribution is -0.140. The minimum atomic E-state index is -4.50. The number of ether oxygens (including phenoxy) is 1. The van der Waals surface area contributed by atoms with Crippen LogP contribution in [-0.4, -0.2) is 94.6 Å². The maximum atomic E-state index is 13.8. The number of benzene rings is 2. The van der Waals surface area contributed by atoms with Crippen LogP contribution in [0.25, 0.3) is 10.9 Å². The highest BCUT2D eigenvalue weighted by Gasteiger charge is 2.30. The fourth-order valence-corrected chi connectivity index (χ4v) is 6.14. The van der Waals surface area contributed by atoms with Gasteiger partial charge in [0.1, 0.15) is 18.6 Å². The van der Waals surface area contributed by atoms with E-state index < -0.39 is 35.9 Å². The van der Waals surface area contributed by atoms with Gasteiger partial charge in [0.2, 0.25) is 5.91 Å². The van der Waals surface area contributed by atoms with Crippen LogP contribution in [0.2, 0.25) is 0 Å². The van der Waals surface area contributed by atoms with Gasteiger partial charge in [-0.25, -0.2) is 0 Å². The number of phenols is 1. The van der Waals surface area contributed by atoms with Crippen molar-refractivity contribution in [1.29, 1.82) is 0 Å². The van der Waals surface area contributed by atoms with Gasteiger partial charge in [0.15, 0.2) is 4.90 Å². The standard InChI is InChI=1S/C33H41F3N4O5S/c1-22(2)32(43)39(30-11-10-26(46(4)44)18-31(30)42)14-6-7-24-17-27-28(8-5-9-29(27)40(24)21-33(34,35)36)37-23-12-15-38(16-13-23)19-25(41)20-45-3/h5,8-11,17-18,22-23,25,37,41-42H,12-16,19-21H2,1-4H3. The molecule has 3 aromatic rings. The molecule has 13 heteroatoms. The van der Waals surface area contributed by atoms with Crippen LogP contribution in [0, 0.1) is 17.8 Å². The van der Waals surface area contributed by atoms with Crippen molar-refractivity contribution in [3.8, 4) is 17.6 Å². The Morgan fingerprint density at radius 2 is 1.93 bits per heavy atom. The normalized spacial score (nSPS) is 15.9. The number of phenolic OH excluding ortho intramolecular Hbond substituents is 1. The summed E-state index contributed by atoms with van der Waals surface area (Å²) < 4.78 is 59.3. The molecule has 2 unspecified atom stereocenters. The van der Waals surface area contributed by atoms with Gasteiger partial charge in [-0.2, -0.15) is 13.2 Å². The first-order valence-corrected chi connectivity index (χ1v) is 16.6. The molecule has 0 bridgehead atoms. The Bertz CT molecular complexity index is 1560. The quantitative estimate of drug-likeness (QED) is 0.204. The first kappa shape index (κ1) is 35.4. The zero-order valence-electron chi connectivity index (χ0n) is 26.4. The molecule has 1 amide bonds. The Morgan fingerprint density at radius 1 is 1.22 bits per heavy atom. The number of fused-ring (bicyclic) bond motifs is 1. The second-order valence-electron chi connectivity index (χ2n) is 11.8. The van der Waals surface area contributed by atoms with Crippen LogP contribution >= 0.6 is 0 Å². The molecule has 1 saturated heterocycles. The summed E-state index contributed by atoms with van der Waals surface area (Å²) in [5.41, 5.74) is 1.39. The Labute approximate surface area is 270 Å². The first-order chi connectivity index (χ1) is 21.8. The maximum Gasteiger partial charge on any atom is 0.406 e. The first-order valence-electron chi connectivity index (χ1n) is 15.1. The second kappa shape index (κ2) is 15.5. The Morgan fingerprint density at radius 3 is 2.54 bits per heavy atom. The number of β-amino-alcohol motifs (C(OH)–C–C–N with tert-alkyl or cyclic N) is 1. The van der Waals surface area contributed by atoms with Crippen molar-refractivity contribution in [2.75, 3.05) is 56.4 Å². The van der Waals surface area contributed by atoms with Gasteiger partial charge in [-0.15, -0.1) is 0 Å². The highest BCUT2D eigenvalue weighted by molar-refractivity contribution is 7.90. The van der Waals surface area contributed by atoms with Crippen LogP contribution < -0.4 is 10.2 Å². The number of hydrogen-bond acceptors (Lipinski definition) is 7. The predicted octanol–water partition coefficient (Wildman–Crippen LogP) is 4.57. The SMILES string of the molecule is COCC(O)CN1CCC(Nc2cccc3c2cc(C#CCN(C(=O)C(C)C)c2ccc([S+](C)[O-])cc2O)n3CC(F)(F)F)CC1. The third-order valence-electron chi connectivity index (χ3n) is 7.84. The van der Waals surface area contributed by atoms with Crippen molar-refractivity contribution in [2.45, 2.75) is 56.5 Å². The van der Waals surface area contributed by atoms with Crippen molar-refractivity contribution in [2.24, 2.45) is 5.92 Å². The molecular weight excluding hydrogens is 621 g/mol. The van der Waals surface area contributed by atoms with Gasteiger partial charge in [-0.1, -0.05) is 25.8 Å². The number of likely N-dealkylation sites (tertiary alicyclic amines) is 1. The number of aromatic hydroxyl groups is 1. The van der Waals surface area contributed by atoms with Gasteiger partial charge in [-0.05, 0) is 60.3 Å². The molecule has 1 fully saturated rings. The van der Waals surface area contributed by atoms with E-state index in [0.29, 0.717) is 28.0 Å². The lowest BCUT2D eigenvalue weighted by atomic mass is 10.0. The number of carbonyl (C=O) groups is 1. The Kier molecular flexibility index (Phi) is 11.9. The zero-order chi connectivity index (χ0) is 33.6. The fourth-order valence-electron chi connectivity index (χ4n) is 5.60. The topological polar surface area (TPSA) is 113 Å². The van der Waals surface area contributed by atoms with E-state index in [0.717, 1.165) is 30.5 Å². The fraction of sp³-hybridized carbons (Fsp3) is 0.485. The number of alkyl halides is 3. The number of methoxy groups -OCH3 is 1. The van der Waals surface area contributed by atoms with Gasteiger partial charge in [-0.3, -0.25) is 9.69 Å². The number of amides is 1. The molecular formula is C33H41F3N4O5S. The number of halogens is 3. The summed E-state index contributed by atoms with van der Waals surface area (Å²) in [7, 11) is 1.55. The maximum absolute atomic E-state index is 13.8. The number of aliphatic hydroxyl groups excluding tert-OH is 1. The summed E-state index contributed by atoms with van der Waals surface area (Å²) in [5, 5.41) is 24.8. The van der Waals surface area contributed by atoms with E-state index in [1.807, 2.05) is 6.07 Å². The van der Waals surface area contributed by atoms with Crippen molar-refractivity contribution in [1.82, 2.24) is 9.47 Å². The lowest BCUT2D eigenvalue weighted by Crippen LogP contribution is -2.43. The summed E-state index contributed by atoms with van der Waals surface area (Å²) in [6.45, 7) is 4.28. The molecule has 4 rings (SSSR count). The molecule has 0 radical (unpaired) electrons. The van der Waals surface area contributed by atoms with E-state index >= 15 is 0 Å². The van der Waals surface area contributed by atoms with Gasteiger partial charge in [0.05, 0.1) is 36.2 Å². The van der Waals surface area contributed by atoms with Gasteiger partial charge in [0, 0.05) is 55.8 Å². The zero-order valence-corrected chi connectivity index (χ0v) is 27.2. The van der Waals surface area contributed by atoms with Crippen LogP contribution in [0.1, 0.15) is 32.4 Å². The summed E-state index contributed by atoms with van der Waals surface area (Å²) in [4.78, 5) is 16.9. The van der Waals surface area contributed by atoms with Gasteiger partial charge < -0.3 is 34.3 Å². The molecule has 2 heterocycles. The van der Waals surface area contributed by atoms with E-state index in [2.05, 4.69) is 22.1 Å². The number of aliphatic hydroxyl groups is 1. The number of carbonyl (C=O) groups excluding carboxylic acids is 1. The second-order valence-corrected chi connectivity index (χ2v) is 13.2. The molecule has 1 aliphatic heterocycles. The lowest BCUT2D eigenvalue weighted by Gasteiger charge is -2.34. The number of aromatic nitrogens is 1. The number of piperidine rings is 1. The predicted molar refractivity (Wildman–Crippen MR) is 173 cm³/mol. The van der Waals surface area contributed by atoms with E-state index in [9.17, 15) is 32.7 Å². The van der Waals surface area contributed by atoms with Crippen molar-refractivity contribution >= 4 is 39.4 Å². The number of anilines is 2. The average Bonchev–Trinajstić information content (AvgIpc) is 3.32.